The van der Waals surface area contributed by atoms with E-state index in [0.717, 1.165) is 16.9 Å². The minimum atomic E-state index is -1.24. The van der Waals surface area contributed by atoms with E-state index in [1.807, 2.05) is 30.3 Å². The third kappa shape index (κ3) is 4.62. The Kier molecular flexibility index (Phi) is 6.18. The van der Waals surface area contributed by atoms with E-state index in [4.69, 9.17) is 26.2 Å². The van der Waals surface area contributed by atoms with Gasteiger partial charge in [0.2, 0.25) is 0 Å². The second kappa shape index (κ2) is 8.77. The number of ether oxygens (including phenoxy) is 2. The van der Waals surface area contributed by atoms with Crippen LogP contribution in [0, 0.1) is 0 Å². The molecule has 8 heteroatoms. The van der Waals surface area contributed by atoms with Crippen molar-refractivity contribution in [3.63, 3.8) is 0 Å². The summed E-state index contributed by atoms with van der Waals surface area (Å²) in [6.45, 7) is -0.299. The second-order valence-corrected chi connectivity index (χ2v) is 7.09. The lowest BCUT2D eigenvalue weighted by atomic mass is 10.1. The predicted octanol–water partition coefficient (Wildman–Crippen LogP) is 4.81. The van der Waals surface area contributed by atoms with E-state index in [1.165, 1.54) is 0 Å². The van der Waals surface area contributed by atoms with E-state index in [2.05, 4.69) is 0 Å². The highest BCUT2D eigenvalue weighted by Gasteiger charge is 2.24. The summed E-state index contributed by atoms with van der Waals surface area (Å²) >= 11 is 7.22. The summed E-state index contributed by atoms with van der Waals surface area (Å²) in [5, 5.41) is 18.2. The third-order valence-corrected chi connectivity index (χ3v) is 5.37. The van der Waals surface area contributed by atoms with Crippen molar-refractivity contribution in [2.24, 2.45) is 0 Å². The van der Waals surface area contributed by atoms with Gasteiger partial charge in [0.25, 0.3) is 0 Å². The van der Waals surface area contributed by atoms with Gasteiger partial charge < -0.3 is 19.7 Å². The summed E-state index contributed by atoms with van der Waals surface area (Å²) in [6, 6.07) is 16.7. The first-order valence-corrected chi connectivity index (χ1v) is 9.32. The Morgan fingerprint density at radius 2 is 1.75 bits per heavy atom. The van der Waals surface area contributed by atoms with Gasteiger partial charge in [-0.2, -0.15) is 0 Å². The van der Waals surface area contributed by atoms with Crippen LogP contribution < -0.4 is 9.47 Å². The molecule has 0 amide bonds. The monoisotopic (exact) mass is 418 g/mol. The third-order valence-electron chi connectivity index (χ3n) is 3.69. The SMILES string of the molecule is O=C(O)COc1c(C(=O)O)sc(-c2cccc(OCc3ccccc3)c2)c1Cl. The van der Waals surface area contributed by atoms with Crippen LogP contribution in [0.15, 0.2) is 54.6 Å². The molecule has 0 saturated carbocycles. The molecule has 2 N–H and O–H groups in total. The molecule has 28 heavy (non-hydrogen) atoms. The van der Waals surface area contributed by atoms with Crippen LogP contribution in [-0.2, 0) is 11.4 Å². The first kappa shape index (κ1) is 19.7. The first-order valence-electron chi connectivity index (χ1n) is 8.13. The Morgan fingerprint density at radius 3 is 2.43 bits per heavy atom. The van der Waals surface area contributed by atoms with Crippen LogP contribution in [0.3, 0.4) is 0 Å². The minimum Gasteiger partial charge on any atom is -0.489 e. The zero-order chi connectivity index (χ0) is 20.1. The van der Waals surface area contributed by atoms with Crippen LogP contribution in [0.2, 0.25) is 5.02 Å². The molecule has 0 radical (unpaired) electrons. The molecule has 0 bridgehead atoms. The number of carboxylic acids is 2. The number of hydrogen-bond acceptors (Lipinski definition) is 5. The van der Waals surface area contributed by atoms with E-state index in [-0.39, 0.29) is 15.6 Å². The summed E-state index contributed by atoms with van der Waals surface area (Å²) in [5.41, 5.74) is 1.66. The van der Waals surface area contributed by atoms with Gasteiger partial charge in [0.1, 0.15) is 17.4 Å². The number of hydrogen-bond donors (Lipinski definition) is 2. The fourth-order valence-electron chi connectivity index (χ4n) is 2.45. The van der Waals surface area contributed by atoms with Crippen molar-refractivity contribution in [1.82, 2.24) is 0 Å². The van der Waals surface area contributed by atoms with Gasteiger partial charge in [0.15, 0.2) is 17.2 Å². The molecule has 0 aliphatic heterocycles. The average molecular weight is 419 g/mol. The summed E-state index contributed by atoms with van der Waals surface area (Å²) in [7, 11) is 0. The molecule has 0 aliphatic carbocycles. The number of carbonyl (C=O) groups is 2. The van der Waals surface area contributed by atoms with Crippen LogP contribution >= 0.6 is 22.9 Å². The van der Waals surface area contributed by atoms with Gasteiger partial charge in [-0.1, -0.05) is 54.1 Å². The lowest BCUT2D eigenvalue weighted by molar-refractivity contribution is -0.139. The molecule has 0 atom stereocenters. The summed E-state index contributed by atoms with van der Waals surface area (Å²) in [4.78, 5) is 22.5. The topological polar surface area (TPSA) is 93.1 Å². The highest BCUT2D eigenvalue weighted by molar-refractivity contribution is 7.18. The van der Waals surface area contributed by atoms with Crippen molar-refractivity contribution in [1.29, 1.82) is 0 Å². The van der Waals surface area contributed by atoms with Gasteiger partial charge in [0.05, 0.1) is 4.88 Å². The molecule has 2 aromatic carbocycles. The normalized spacial score (nSPS) is 10.5. The molecule has 3 aromatic rings. The maximum absolute atomic E-state index is 11.5. The van der Waals surface area contributed by atoms with Crippen molar-refractivity contribution < 1.29 is 29.3 Å². The molecule has 0 unspecified atom stereocenters. The van der Waals surface area contributed by atoms with Crippen LogP contribution in [0.25, 0.3) is 10.4 Å². The van der Waals surface area contributed by atoms with E-state index >= 15 is 0 Å². The van der Waals surface area contributed by atoms with Crippen LogP contribution in [-0.4, -0.2) is 28.8 Å². The molecule has 1 heterocycles. The summed E-state index contributed by atoms with van der Waals surface area (Å²) in [6.07, 6.45) is 0. The largest absolute Gasteiger partial charge is 0.489 e. The van der Waals surface area contributed by atoms with Crippen LogP contribution in [0.5, 0.6) is 11.5 Å². The molecule has 144 valence electrons. The molecule has 0 saturated heterocycles. The van der Waals surface area contributed by atoms with Gasteiger partial charge in [-0.3, -0.25) is 0 Å². The van der Waals surface area contributed by atoms with Crippen molar-refractivity contribution in [3.05, 3.63) is 70.1 Å². The van der Waals surface area contributed by atoms with Crippen LogP contribution in [0.4, 0.5) is 0 Å². The average Bonchev–Trinajstić information content (AvgIpc) is 3.02. The smallest absolute Gasteiger partial charge is 0.349 e. The molecule has 1 aromatic heterocycles. The van der Waals surface area contributed by atoms with Gasteiger partial charge >= 0.3 is 11.9 Å². The summed E-state index contributed by atoms with van der Waals surface area (Å²) < 4.78 is 10.9. The van der Waals surface area contributed by atoms with Crippen molar-refractivity contribution in [3.8, 4) is 21.9 Å². The predicted molar refractivity (Wildman–Crippen MR) is 106 cm³/mol. The highest BCUT2D eigenvalue weighted by Crippen LogP contribution is 2.46. The number of benzene rings is 2. The molecule has 6 nitrogen and oxygen atoms in total. The van der Waals surface area contributed by atoms with Crippen LogP contribution in [0.1, 0.15) is 15.2 Å². The van der Waals surface area contributed by atoms with E-state index in [9.17, 15) is 14.7 Å². The van der Waals surface area contributed by atoms with E-state index < -0.39 is 18.5 Å². The van der Waals surface area contributed by atoms with Crippen molar-refractivity contribution >= 4 is 34.9 Å². The second-order valence-electron chi connectivity index (χ2n) is 5.69. The number of aliphatic carboxylic acids is 1. The Balaban J connectivity index is 1.87. The number of halogens is 1. The molecule has 0 fully saturated rings. The van der Waals surface area contributed by atoms with Crippen molar-refractivity contribution in [2.75, 3.05) is 6.61 Å². The molecule has 3 rings (SSSR count). The Bertz CT molecular complexity index is 999. The lowest BCUT2D eigenvalue weighted by Crippen LogP contribution is -2.10. The highest BCUT2D eigenvalue weighted by atomic mass is 35.5. The quantitative estimate of drug-likeness (QED) is 0.545. The van der Waals surface area contributed by atoms with Gasteiger partial charge in [-0.25, -0.2) is 9.59 Å². The Morgan fingerprint density at radius 1 is 1.00 bits per heavy atom. The fourth-order valence-corrected chi connectivity index (χ4v) is 3.86. The lowest BCUT2D eigenvalue weighted by Gasteiger charge is -2.08. The number of carboxylic acid groups (broad SMARTS) is 2. The maximum Gasteiger partial charge on any atom is 0.349 e. The zero-order valence-electron chi connectivity index (χ0n) is 14.4. The first-order chi connectivity index (χ1) is 13.5. The Hall–Kier alpha value is -3.03. The maximum atomic E-state index is 11.5. The standard InChI is InChI=1S/C20H15ClO6S/c21-16-17(27-11-15(22)23)19(20(24)25)28-18(16)13-7-4-8-14(9-13)26-10-12-5-2-1-3-6-12/h1-9H,10-11H2,(H,22,23)(H,24,25). The number of thiophene rings is 1. The van der Waals surface area contributed by atoms with E-state index in [1.54, 1.807) is 24.3 Å². The zero-order valence-corrected chi connectivity index (χ0v) is 16.0. The fraction of sp³-hybridized carbons (Fsp3) is 0.100. The van der Waals surface area contributed by atoms with Gasteiger partial charge in [-0.15, -0.1) is 11.3 Å². The number of aromatic carboxylic acids is 1. The Labute approximate surface area is 169 Å². The van der Waals surface area contributed by atoms with Gasteiger partial charge in [0, 0.05) is 0 Å². The molecule has 0 aliphatic rings. The van der Waals surface area contributed by atoms with E-state index in [0.29, 0.717) is 22.8 Å². The molecular formula is C20H15ClO6S. The summed E-state index contributed by atoms with van der Waals surface area (Å²) in [5.74, 6) is -2.02. The molecule has 0 spiro atoms. The number of rotatable bonds is 8. The minimum absolute atomic E-state index is 0.0591. The van der Waals surface area contributed by atoms with Gasteiger partial charge in [-0.05, 0) is 23.3 Å². The van der Waals surface area contributed by atoms with Crippen molar-refractivity contribution in [2.45, 2.75) is 6.61 Å². The molecular weight excluding hydrogens is 404 g/mol.